The smallest absolute Gasteiger partial charge is 0.253 e. The highest BCUT2D eigenvalue weighted by molar-refractivity contribution is 5.94. The highest BCUT2D eigenvalue weighted by Gasteiger charge is 2.33. The van der Waals surface area contributed by atoms with Gasteiger partial charge in [0.25, 0.3) is 5.91 Å². The zero-order valence-electron chi connectivity index (χ0n) is 16.3. The van der Waals surface area contributed by atoms with Gasteiger partial charge < -0.3 is 4.90 Å². The molecule has 1 saturated carbocycles. The molecule has 0 radical (unpaired) electrons. The third kappa shape index (κ3) is 4.21. The van der Waals surface area contributed by atoms with E-state index in [-0.39, 0.29) is 5.91 Å². The monoisotopic (exact) mass is 367 g/mol. The van der Waals surface area contributed by atoms with E-state index in [1.165, 1.54) is 25.7 Å². The van der Waals surface area contributed by atoms with Gasteiger partial charge in [0.05, 0.1) is 0 Å². The van der Waals surface area contributed by atoms with Gasteiger partial charge in [0.15, 0.2) is 5.82 Å². The maximum atomic E-state index is 13.1. The van der Waals surface area contributed by atoms with Crippen molar-refractivity contribution in [1.29, 1.82) is 0 Å². The van der Waals surface area contributed by atoms with Gasteiger partial charge in [0.2, 0.25) is 0 Å². The summed E-state index contributed by atoms with van der Waals surface area (Å²) in [5, 5.41) is 6.74. The third-order valence-corrected chi connectivity index (χ3v) is 5.82. The summed E-state index contributed by atoms with van der Waals surface area (Å²) in [4.78, 5) is 22.0. The zero-order chi connectivity index (χ0) is 18.8. The van der Waals surface area contributed by atoms with Gasteiger partial charge in [-0.25, -0.2) is 4.98 Å². The van der Waals surface area contributed by atoms with Crippen molar-refractivity contribution in [2.24, 2.45) is 11.8 Å². The molecule has 144 valence electrons. The van der Waals surface area contributed by atoms with E-state index in [2.05, 4.69) is 38.8 Å². The van der Waals surface area contributed by atoms with Gasteiger partial charge in [-0.1, -0.05) is 26.0 Å². The lowest BCUT2D eigenvalue weighted by Gasteiger charge is -2.34. The van der Waals surface area contributed by atoms with E-state index in [4.69, 9.17) is 0 Å². The number of nitrogens with one attached hydrogen (secondary N) is 1. The summed E-state index contributed by atoms with van der Waals surface area (Å²) in [7, 11) is 0. The van der Waals surface area contributed by atoms with Gasteiger partial charge in [-0.15, -0.1) is 0 Å². The molecular weight excluding hydrogens is 338 g/mol. The Kier molecular flexibility index (Phi) is 5.25. The number of benzene rings is 1. The first-order valence-corrected chi connectivity index (χ1v) is 10.1. The fraction of sp³-hybridized carbons (Fsp3) is 0.571. The summed E-state index contributed by atoms with van der Waals surface area (Å²) in [5.74, 6) is 2.29. The lowest BCUT2D eigenvalue weighted by molar-refractivity contribution is 0.0704. The van der Waals surface area contributed by atoms with Crippen molar-refractivity contribution >= 4 is 5.91 Å². The molecule has 0 bridgehead atoms. The predicted octanol–water partition coefficient (Wildman–Crippen LogP) is 3.05. The van der Waals surface area contributed by atoms with Crippen LogP contribution in [0.2, 0.25) is 0 Å². The molecule has 2 fully saturated rings. The molecule has 1 saturated heterocycles. The van der Waals surface area contributed by atoms with Crippen LogP contribution in [0.15, 0.2) is 30.6 Å². The van der Waals surface area contributed by atoms with Crippen molar-refractivity contribution in [2.45, 2.75) is 39.2 Å². The first-order valence-electron chi connectivity index (χ1n) is 10.1. The van der Waals surface area contributed by atoms with E-state index in [9.17, 15) is 4.79 Å². The van der Waals surface area contributed by atoms with Crippen LogP contribution in [0.25, 0.3) is 11.4 Å². The highest BCUT2D eigenvalue weighted by atomic mass is 16.2. The molecule has 6 nitrogen and oxygen atoms in total. The van der Waals surface area contributed by atoms with Gasteiger partial charge in [-0.2, -0.15) is 5.10 Å². The standard InChI is InChI=1S/C21H29N5O/c1-15(2)19-13-26(11-3-10-25(19)12-16-4-5-16)21(27)18-8-6-17(7-9-18)20-22-14-23-24-20/h6-9,14-16,19H,3-5,10-13H2,1-2H3,(H,22,23,24). The number of rotatable bonds is 5. The summed E-state index contributed by atoms with van der Waals surface area (Å²) in [6.07, 6.45) is 5.30. The van der Waals surface area contributed by atoms with Crippen LogP contribution >= 0.6 is 0 Å². The molecule has 1 aromatic heterocycles. The van der Waals surface area contributed by atoms with E-state index in [1.54, 1.807) is 0 Å². The largest absolute Gasteiger partial charge is 0.337 e. The molecule has 1 amide bonds. The average molecular weight is 367 g/mol. The molecule has 2 aliphatic rings. The number of carbonyl (C=O) groups is 1. The zero-order valence-corrected chi connectivity index (χ0v) is 16.3. The second-order valence-electron chi connectivity index (χ2n) is 8.27. The molecule has 1 aliphatic carbocycles. The molecule has 6 heteroatoms. The van der Waals surface area contributed by atoms with Gasteiger partial charge in [0, 0.05) is 43.3 Å². The Morgan fingerprint density at radius 3 is 2.63 bits per heavy atom. The lowest BCUT2D eigenvalue weighted by Crippen LogP contribution is -2.46. The van der Waals surface area contributed by atoms with Gasteiger partial charge >= 0.3 is 0 Å². The Morgan fingerprint density at radius 2 is 2.00 bits per heavy atom. The Labute approximate surface area is 161 Å². The van der Waals surface area contributed by atoms with Crippen LogP contribution in [-0.2, 0) is 0 Å². The van der Waals surface area contributed by atoms with E-state index in [0.29, 0.717) is 12.0 Å². The van der Waals surface area contributed by atoms with E-state index in [0.717, 1.165) is 48.9 Å². The molecule has 2 heterocycles. The van der Waals surface area contributed by atoms with E-state index >= 15 is 0 Å². The van der Waals surface area contributed by atoms with E-state index < -0.39 is 0 Å². The number of hydrogen-bond donors (Lipinski definition) is 1. The Balaban J connectivity index is 1.47. The Morgan fingerprint density at radius 1 is 1.22 bits per heavy atom. The van der Waals surface area contributed by atoms with Gasteiger partial charge in [-0.3, -0.25) is 14.8 Å². The van der Waals surface area contributed by atoms with Crippen LogP contribution in [0.3, 0.4) is 0 Å². The average Bonchev–Trinajstić information content (AvgIpc) is 3.38. The minimum absolute atomic E-state index is 0.137. The van der Waals surface area contributed by atoms with Crippen LogP contribution in [0.5, 0.6) is 0 Å². The van der Waals surface area contributed by atoms with Crippen LogP contribution in [0.4, 0.5) is 0 Å². The van der Waals surface area contributed by atoms with Crippen LogP contribution in [0.1, 0.15) is 43.5 Å². The van der Waals surface area contributed by atoms with Crippen molar-refractivity contribution in [3.8, 4) is 11.4 Å². The second kappa shape index (κ2) is 7.80. The molecule has 27 heavy (non-hydrogen) atoms. The SMILES string of the molecule is CC(C)C1CN(C(=O)c2ccc(-c3ncn[nH]3)cc2)CCCN1CC1CC1. The minimum Gasteiger partial charge on any atom is -0.337 e. The molecule has 1 N–H and O–H groups in total. The summed E-state index contributed by atoms with van der Waals surface area (Å²) in [6.45, 7) is 8.54. The molecule has 4 rings (SSSR count). The molecule has 1 atom stereocenters. The van der Waals surface area contributed by atoms with Crippen molar-refractivity contribution < 1.29 is 4.79 Å². The van der Waals surface area contributed by atoms with Crippen LogP contribution < -0.4 is 0 Å². The molecule has 2 aromatic rings. The predicted molar refractivity (Wildman–Crippen MR) is 105 cm³/mol. The second-order valence-corrected chi connectivity index (χ2v) is 8.27. The number of hydrogen-bond acceptors (Lipinski definition) is 4. The topological polar surface area (TPSA) is 65.1 Å². The van der Waals surface area contributed by atoms with Gasteiger partial charge in [-0.05, 0) is 43.2 Å². The quantitative estimate of drug-likeness (QED) is 0.882. The van der Waals surface area contributed by atoms with Crippen molar-refractivity contribution in [3.63, 3.8) is 0 Å². The Hall–Kier alpha value is -2.21. The molecular formula is C21H29N5O. The number of nitrogens with zero attached hydrogens (tertiary/aromatic N) is 4. The van der Waals surface area contributed by atoms with Crippen molar-refractivity contribution in [3.05, 3.63) is 36.2 Å². The molecule has 0 spiro atoms. The first-order chi connectivity index (χ1) is 13.1. The molecule has 1 aliphatic heterocycles. The molecule has 1 aromatic carbocycles. The Bertz CT molecular complexity index is 751. The van der Waals surface area contributed by atoms with Crippen molar-refractivity contribution in [2.75, 3.05) is 26.2 Å². The fourth-order valence-corrected chi connectivity index (χ4v) is 4.04. The number of aromatic nitrogens is 3. The maximum absolute atomic E-state index is 13.1. The van der Waals surface area contributed by atoms with E-state index in [1.807, 2.05) is 24.3 Å². The minimum atomic E-state index is 0.137. The van der Waals surface area contributed by atoms with Crippen LogP contribution in [0, 0.1) is 11.8 Å². The molecule has 1 unspecified atom stereocenters. The maximum Gasteiger partial charge on any atom is 0.253 e. The first kappa shape index (κ1) is 18.2. The van der Waals surface area contributed by atoms with Crippen molar-refractivity contribution in [1.82, 2.24) is 25.0 Å². The summed E-state index contributed by atoms with van der Waals surface area (Å²) >= 11 is 0. The summed E-state index contributed by atoms with van der Waals surface area (Å²) in [6, 6.07) is 8.12. The number of carbonyl (C=O) groups excluding carboxylic acids is 1. The highest BCUT2D eigenvalue weighted by Crippen LogP contribution is 2.32. The third-order valence-electron chi connectivity index (χ3n) is 5.82. The number of amides is 1. The normalized spacial score (nSPS) is 21.4. The summed E-state index contributed by atoms with van der Waals surface area (Å²) < 4.78 is 0. The fourth-order valence-electron chi connectivity index (χ4n) is 4.04. The number of H-pyrrole nitrogens is 1. The summed E-state index contributed by atoms with van der Waals surface area (Å²) in [5.41, 5.74) is 1.69. The lowest BCUT2D eigenvalue weighted by atomic mass is 10.0. The number of aromatic amines is 1. The van der Waals surface area contributed by atoms with Crippen LogP contribution in [-0.4, -0.2) is 63.1 Å². The van der Waals surface area contributed by atoms with Gasteiger partial charge in [0.1, 0.15) is 6.33 Å².